The highest BCUT2D eigenvalue weighted by Crippen LogP contribution is 2.09. The van der Waals surface area contributed by atoms with Gasteiger partial charge in [0, 0.05) is 0 Å². The van der Waals surface area contributed by atoms with Gasteiger partial charge in [0.05, 0.1) is 7.11 Å². The standard InChI is InChI=1S/C9H12N2O5/c1-3-5-7(13)10-6(12)4-11(5)8(14)9(15)16-2/h5H,3-4H2,1-2H3,(H,10,12,13). The molecule has 0 saturated carbocycles. The number of imide groups is 1. The fourth-order valence-corrected chi connectivity index (χ4v) is 1.49. The lowest BCUT2D eigenvalue weighted by Gasteiger charge is -2.32. The van der Waals surface area contributed by atoms with Gasteiger partial charge in [-0.05, 0) is 6.42 Å². The van der Waals surface area contributed by atoms with E-state index in [1.165, 1.54) is 0 Å². The smallest absolute Gasteiger partial charge is 0.396 e. The molecule has 1 fully saturated rings. The molecule has 0 aliphatic carbocycles. The predicted molar refractivity (Wildman–Crippen MR) is 51.0 cm³/mol. The molecule has 7 nitrogen and oxygen atoms in total. The van der Waals surface area contributed by atoms with Crippen molar-refractivity contribution < 1.29 is 23.9 Å². The summed E-state index contributed by atoms with van der Waals surface area (Å²) in [7, 11) is 1.06. The zero-order valence-corrected chi connectivity index (χ0v) is 8.98. The molecule has 1 aliphatic rings. The van der Waals surface area contributed by atoms with Gasteiger partial charge in [-0.25, -0.2) is 4.79 Å². The second-order valence-corrected chi connectivity index (χ2v) is 3.26. The van der Waals surface area contributed by atoms with E-state index in [1.807, 2.05) is 0 Å². The number of carbonyl (C=O) groups excluding carboxylic acids is 4. The molecular weight excluding hydrogens is 216 g/mol. The summed E-state index contributed by atoms with van der Waals surface area (Å²) in [5, 5.41) is 2.10. The molecule has 0 spiro atoms. The molecule has 0 aromatic heterocycles. The summed E-state index contributed by atoms with van der Waals surface area (Å²) in [6, 6.07) is -0.802. The van der Waals surface area contributed by atoms with Crippen molar-refractivity contribution in [2.45, 2.75) is 19.4 Å². The zero-order chi connectivity index (χ0) is 12.3. The van der Waals surface area contributed by atoms with Crippen LogP contribution in [0.2, 0.25) is 0 Å². The SMILES string of the molecule is CCC1C(=O)NC(=O)CN1C(=O)C(=O)OC. The monoisotopic (exact) mass is 228 g/mol. The van der Waals surface area contributed by atoms with Gasteiger partial charge in [0.1, 0.15) is 12.6 Å². The van der Waals surface area contributed by atoms with Crippen LogP contribution in [0.5, 0.6) is 0 Å². The first-order valence-corrected chi connectivity index (χ1v) is 4.73. The summed E-state index contributed by atoms with van der Waals surface area (Å²) in [6.07, 6.45) is 0.321. The van der Waals surface area contributed by atoms with Crippen molar-refractivity contribution in [3.63, 3.8) is 0 Å². The van der Waals surface area contributed by atoms with Gasteiger partial charge in [-0.3, -0.25) is 19.7 Å². The number of nitrogens with one attached hydrogen (secondary N) is 1. The Balaban J connectivity index is 2.90. The summed E-state index contributed by atoms with van der Waals surface area (Å²) in [4.78, 5) is 45.9. The molecule has 1 aliphatic heterocycles. The van der Waals surface area contributed by atoms with E-state index in [0.29, 0.717) is 6.42 Å². The van der Waals surface area contributed by atoms with Crippen molar-refractivity contribution in [2.75, 3.05) is 13.7 Å². The fraction of sp³-hybridized carbons (Fsp3) is 0.556. The summed E-state index contributed by atoms with van der Waals surface area (Å²) in [6.45, 7) is 1.37. The van der Waals surface area contributed by atoms with E-state index < -0.39 is 29.7 Å². The molecule has 16 heavy (non-hydrogen) atoms. The molecule has 7 heteroatoms. The van der Waals surface area contributed by atoms with Crippen LogP contribution >= 0.6 is 0 Å². The minimum atomic E-state index is -1.08. The third kappa shape index (κ3) is 2.18. The number of hydrogen-bond acceptors (Lipinski definition) is 5. The molecule has 0 radical (unpaired) electrons. The lowest BCUT2D eigenvalue weighted by atomic mass is 10.1. The molecular formula is C9H12N2O5. The van der Waals surface area contributed by atoms with Gasteiger partial charge in [-0.1, -0.05) is 6.92 Å². The third-order valence-corrected chi connectivity index (χ3v) is 2.26. The summed E-state index contributed by atoms with van der Waals surface area (Å²) >= 11 is 0. The van der Waals surface area contributed by atoms with Crippen LogP contribution in [0.4, 0.5) is 0 Å². The van der Waals surface area contributed by atoms with Gasteiger partial charge < -0.3 is 9.64 Å². The number of esters is 1. The average molecular weight is 228 g/mol. The molecule has 0 aromatic carbocycles. The predicted octanol–water partition coefficient (Wildman–Crippen LogP) is -1.58. The lowest BCUT2D eigenvalue weighted by Crippen LogP contribution is -2.60. The summed E-state index contributed by atoms with van der Waals surface area (Å²) < 4.78 is 4.26. The molecule has 1 rings (SSSR count). The number of hydrogen-bond donors (Lipinski definition) is 1. The van der Waals surface area contributed by atoms with Crippen LogP contribution in [0.15, 0.2) is 0 Å². The Morgan fingerprint density at radius 3 is 2.62 bits per heavy atom. The Bertz CT molecular complexity index is 352. The highest BCUT2D eigenvalue weighted by Gasteiger charge is 2.38. The number of amides is 3. The highest BCUT2D eigenvalue weighted by molar-refractivity contribution is 6.33. The van der Waals surface area contributed by atoms with E-state index in [-0.39, 0.29) is 6.54 Å². The average Bonchev–Trinajstić information content (AvgIpc) is 2.26. The van der Waals surface area contributed by atoms with Gasteiger partial charge in [0.2, 0.25) is 11.8 Å². The Labute approximate surface area is 91.7 Å². The van der Waals surface area contributed by atoms with E-state index in [1.54, 1.807) is 6.92 Å². The number of piperazine rings is 1. The number of methoxy groups -OCH3 is 1. The van der Waals surface area contributed by atoms with E-state index in [2.05, 4.69) is 10.1 Å². The van der Waals surface area contributed by atoms with Crippen LogP contribution in [-0.2, 0) is 23.9 Å². The van der Waals surface area contributed by atoms with Gasteiger partial charge in [-0.15, -0.1) is 0 Å². The second kappa shape index (κ2) is 4.73. The summed E-state index contributed by atoms with van der Waals surface area (Å²) in [5.74, 6) is -3.23. The van der Waals surface area contributed by atoms with E-state index in [4.69, 9.17) is 0 Å². The Morgan fingerprint density at radius 1 is 1.50 bits per heavy atom. The molecule has 1 atom stereocenters. The maximum atomic E-state index is 11.5. The molecule has 3 amide bonds. The first-order valence-electron chi connectivity index (χ1n) is 4.73. The van der Waals surface area contributed by atoms with Gasteiger partial charge in [0.15, 0.2) is 0 Å². The van der Waals surface area contributed by atoms with Gasteiger partial charge in [0.25, 0.3) is 0 Å². The quantitative estimate of drug-likeness (QED) is 0.332. The van der Waals surface area contributed by atoms with E-state index in [9.17, 15) is 19.2 Å². The van der Waals surface area contributed by atoms with Crippen molar-refractivity contribution in [3.8, 4) is 0 Å². The van der Waals surface area contributed by atoms with Crippen LogP contribution in [0.3, 0.4) is 0 Å². The number of carbonyl (C=O) groups is 4. The van der Waals surface area contributed by atoms with Crippen LogP contribution in [0, 0.1) is 0 Å². The Hall–Kier alpha value is -1.92. The largest absolute Gasteiger partial charge is 0.462 e. The van der Waals surface area contributed by atoms with E-state index >= 15 is 0 Å². The highest BCUT2D eigenvalue weighted by atomic mass is 16.5. The van der Waals surface area contributed by atoms with Crippen LogP contribution < -0.4 is 5.32 Å². The minimum absolute atomic E-state index is 0.307. The maximum absolute atomic E-state index is 11.5. The first kappa shape index (κ1) is 12.2. The topological polar surface area (TPSA) is 92.8 Å². The molecule has 0 bridgehead atoms. The molecule has 1 saturated heterocycles. The van der Waals surface area contributed by atoms with Crippen molar-refractivity contribution in [3.05, 3.63) is 0 Å². The fourth-order valence-electron chi connectivity index (χ4n) is 1.49. The Kier molecular flexibility index (Phi) is 3.60. The maximum Gasteiger partial charge on any atom is 0.396 e. The summed E-state index contributed by atoms with van der Waals surface area (Å²) in [5.41, 5.74) is 0. The molecule has 0 aromatic rings. The van der Waals surface area contributed by atoms with Crippen molar-refractivity contribution in [2.24, 2.45) is 0 Å². The van der Waals surface area contributed by atoms with E-state index in [0.717, 1.165) is 12.0 Å². The Morgan fingerprint density at radius 2 is 2.12 bits per heavy atom. The van der Waals surface area contributed by atoms with Gasteiger partial charge in [-0.2, -0.15) is 0 Å². The third-order valence-electron chi connectivity index (χ3n) is 2.26. The molecule has 1 heterocycles. The molecule has 1 N–H and O–H groups in total. The second-order valence-electron chi connectivity index (χ2n) is 3.26. The molecule has 88 valence electrons. The van der Waals surface area contributed by atoms with Crippen molar-refractivity contribution in [1.82, 2.24) is 10.2 Å². The first-order chi connectivity index (χ1) is 7.51. The van der Waals surface area contributed by atoms with Crippen LogP contribution in [0.1, 0.15) is 13.3 Å². The number of rotatable bonds is 1. The molecule has 1 unspecified atom stereocenters. The minimum Gasteiger partial charge on any atom is -0.462 e. The number of ether oxygens (including phenoxy) is 1. The lowest BCUT2D eigenvalue weighted by molar-refractivity contribution is -0.163. The van der Waals surface area contributed by atoms with Crippen LogP contribution in [0.25, 0.3) is 0 Å². The normalized spacial score (nSPS) is 20.4. The van der Waals surface area contributed by atoms with Crippen molar-refractivity contribution in [1.29, 1.82) is 0 Å². The van der Waals surface area contributed by atoms with Crippen LogP contribution in [-0.4, -0.2) is 48.3 Å². The number of nitrogens with zero attached hydrogens (tertiary/aromatic N) is 1. The van der Waals surface area contributed by atoms with Gasteiger partial charge >= 0.3 is 11.9 Å². The van der Waals surface area contributed by atoms with Crippen molar-refractivity contribution >= 4 is 23.7 Å². The zero-order valence-electron chi connectivity index (χ0n) is 8.98.